The Morgan fingerprint density at radius 1 is 1.26 bits per heavy atom. The second-order valence-electron chi connectivity index (χ2n) is 5.64. The van der Waals surface area contributed by atoms with Crippen LogP contribution >= 0.6 is 11.8 Å². The highest BCUT2D eigenvalue weighted by Crippen LogP contribution is 2.22. The van der Waals surface area contributed by atoms with Gasteiger partial charge < -0.3 is 15.5 Å². The minimum absolute atomic E-state index is 0.0117. The molecule has 0 saturated carbocycles. The number of nitrogens with one attached hydrogen (secondary N) is 2. The number of anilines is 1. The molecule has 1 saturated heterocycles. The molecule has 0 unspecified atom stereocenters. The molecule has 2 rings (SSSR count). The average molecular weight is 335 g/mol. The molecule has 0 aromatic heterocycles. The predicted molar refractivity (Wildman–Crippen MR) is 96.2 cm³/mol. The van der Waals surface area contributed by atoms with Crippen LogP contribution in [0.1, 0.15) is 28.8 Å². The zero-order valence-electron chi connectivity index (χ0n) is 13.9. The van der Waals surface area contributed by atoms with E-state index in [1.54, 1.807) is 0 Å². The maximum atomic E-state index is 12.7. The van der Waals surface area contributed by atoms with Crippen molar-refractivity contribution in [2.24, 2.45) is 0 Å². The number of hydrogen-bond acceptors (Lipinski definition) is 4. The SMILES string of the molecule is CNCCCC(=O)Nc1cccc(C(=O)N2CCSCC2)c1C. The molecule has 5 nitrogen and oxygen atoms in total. The monoisotopic (exact) mass is 335 g/mol. The summed E-state index contributed by atoms with van der Waals surface area (Å²) in [5.41, 5.74) is 2.26. The maximum Gasteiger partial charge on any atom is 0.254 e. The van der Waals surface area contributed by atoms with E-state index < -0.39 is 0 Å². The zero-order valence-corrected chi connectivity index (χ0v) is 14.7. The van der Waals surface area contributed by atoms with Crippen LogP contribution in [0.5, 0.6) is 0 Å². The molecule has 0 bridgehead atoms. The van der Waals surface area contributed by atoms with E-state index >= 15 is 0 Å². The number of amides is 2. The van der Waals surface area contributed by atoms with E-state index in [1.807, 2.05) is 48.8 Å². The molecule has 23 heavy (non-hydrogen) atoms. The Bertz CT molecular complexity index is 557. The minimum Gasteiger partial charge on any atom is -0.337 e. The summed E-state index contributed by atoms with van der Waals surface area (Å²) in [7, 11) is 1.87. The largest absolute Gasteiger partial charge is 0.337 e. The average Bonchev–Trinajstić information content (AvgIpc) is 2.57. The summed E-state index contributed by atoms with van der Waals surface area (Å²) in [6.07, 6.45) is 1.27. The molecule has 1 aromatic carbocycles. The van der Waals surface area contributed by atoms with Crippen LogP contribution in [0, 0.1) is 6.92 Å². The van der Waals surface area contributed by atoms with Gasteiger partial charge in [-0.05, 0) is 44.6 Å². The van der Waals surface area contributed by atoms with Gasteiger partial charge in [0.1, 0.15) is 0 Å². The third kappa shape index (κ3) is 4.97. The van der Waals surface area contributed by atoms with Gasteiger partial charge in [0.15, 0.2) is 0 Å². The van der Waals surface area contributed by atoms with Crippen LogP contribution in [-0.2, 0) is 4.79 Å². The quantitative estimate of drug-likeness (QED) is 0.782. The van der Waals surface area contributed by atoms with E-state index in [4.69, 9.17) is 0 Å². The van der Waals surface area contributed by atoms with Crippen molar-refractivity contribution in [2.45, 2.75) is 19.8 Å². The summed E-state index contributed by atoms with van der Waals surface area (Å²) in [5, 5.41) is 5.95. The Kier molecular flexibility index (Phi) is 6.92. The van der Waals surface area contributed by atoms with E-state index in [9.17, 15) is 9.59 Å². The first-order valence-corrected chi connectivity index (χ1v) is 9.20. The highest BCUT2D eigenvalue weighted by molar-refractivity contribution is 7.99. The lowest BCUT2D eigenvalue weighted by Gasteiger charge is -2.27. The number of thioether (sulfide) groups is 1. The lowest BCUT2D eigenvalue weighted by atomic mass is 10.0. The highest BCUT2D eigenvalue weighted by atomic mass is 32.2. The Balaban J connectivity index is 2.05. The van der Waals surface area contributed by atoms with E-state index in [2.05, 4.69) is 10.6 Å². The standard InChI is InChI=1S/C17H25N3O2S/c1-13-14(17(22)20-9-11-23-12-10-20)5-3-6-15(13)19-16(21)7-4-8-18-2/h3,5-6,18H,4,7-12H2,1-2H3,(H,19,21). The van der Waals surface area contributed by atoms with Gasteiger partial charge in [-0.15, -0.1) is 0 Å². The van der Waals surface area contributed by atoms with Crippen molar-refractivity contribution in [1.82, 2.24) is 10.2 Å². The summed E-state index contributed by atoms with van der Waals surface area (Å²) < 4.78 is 0. The molecule has 0 spiro atoms. The molecule has 6 heteroatoms. The Hall–Kier alpha value is -1.53. The van der Waals surface area contributed by atoms with Gasteiger partial charge in [0, 0.05) is 42.3 Å². The molecule has 126 valence electrons. The van der Waals surface area contributed by atoms with E-state index in [0.29, 0.717) is 12.0 Å². The van der Waals surface area contributed by atoms with E-state index in [1.165, 1.54) is 0 Å². The van der Waals surface area contributed by atoms with Gasteiger partial charge in [-0.2, -0.15) is 11.8 Å². The normalized spacial score (nSPS) is 14.6. The third-order valence-corrected chi connectivity index (χ3v) is 4.91. The number of hydrogen-bond donors (Lipinski definition) is 2. The summed E-state index contributed by atoms with van der Waals surface area (Å²) in [6, 6.07) is 5.53. The van der Waals surface area contributed by atoms with Crippen LogP contribution in [0.15, 0.2) is 18.2 Å². The van der Waals surface area contributed by atoms with Crippen molar-refractivity contribution in [2.75, 3.05) is 43.5 Å². The molecular weight excluding hydrogens is 310 g/mol. The number of benzene rings is 1. The minimum atomic E-state index is -0.0117. The molecule has 2 N–H and O–H groups in total. The molecule has 1 aliphatic heterocycles. The maximum absolute atomic E-state index is 12.7. The molecule has 1 heterocycles. The van der Waals surface area contributed by atoms with Crippen molar-refractivity contribution >= 4 is 29.3 Å². The van der Waals surface area contributed by atoms with Crippen LogP contribution in [0.2, 0.25) is 0 Å². The molecular formula is C17H25N3O2S. The molecule has 1 aliphatic rings. The first-order valence-electron chi connectivity index (χ1n) is 8.04. The van der Waals surface area contributed by atoms with Gasteiger partial charge in [-0.3, -0.25) is 9.59 Å². The summed E-state index contributed by atoms with van der Waals surface area (Å²) >= 11 is 1.88. The fourth-order valence-corrected chi connectivity index (χ4v) is 3.48. The van der Waals surface area contributed by atoms with Crippen molar-refractivity contribution in [3.63, 3.8) is 0 Å². The molecule has 2 amide bonds. The topological polar surface area (TPSA) is 61.4 Å². The smallest absolute Gasteiger partial charge is 0.254 e. The van der Waals surface area contributed by atoms with Crippen molar-refractivity contribution in [3.05, 3.63) is 29.3 Å². The fraction of sp³-hybridized carbons (Fsp3) is 0.529. The van der Waals surface area contributed by atoms with Crippen LogP contribution in [0.3, 0.4) is 0 Å². The molecule has 0 aliphatic carbocycles. The first-order chi connectivity index (χ1) is 11.1. The zero-order chi connectivity index (χ0) is 16.7. The first kappa shape index (κ1) is 17.8. The highest BCUT2D eigenvalue weighted by Gasteiger charge is 2.21. The Morgan fingerprint density at radius 3 is 2.70 bits per heavy atom. The van der Waals surface area contributed by atoms with Crippen LogP contribution < -0.4 is 10.6 Å². The van der Waals surface area contributed by atoms with E-state index in [-0.39, 0.29) is 11.8 Å². The van der Waals surface area contributed by atoms with Crippen molar-refractivity contribution in [3.8, 4) is 0 Å². The number of carbonyl (C=O) groups is 2. The van der Waals surface area contributed by atoms with Crippen molar-refractivity contribution < 1.29 is 9.59 Å². The lowest BCUT2D eigenvalue weighted by Crippen LogP contribution is -2.38. The van der Waals surface area contributed by atoms with Crippen LogP contribution in [0.4, 0.5) is 5.69 Å². The van der Waals surface area contributed by atoms with Gasteiger partial charge in [0.25, 0.3) is 5.91 Å². The van der Waals surface area contributed by atoms with Gasteiger partial charge in [0.2, 0.25) is 5.91 Å². The molecule has 1 fully saturated rings. The van der Waals surface area contributed by atoms with Gasteiger partial charge in [0.05, 0.1) is 0 Å². The summed E-state index contributed by atoms with van der Waals surface area (Å²) in [4.78, 5) is 26.6. The Morgan fingerprint density at radius 2 is 2.00 bits per heavy atom. The fourth-order valence-electron chi connectivity index (χ4n) is 2.58. The lowest BCUT2D eigenvalue weighted by molar-refractivity contribution is -0.116. The predicted octanol–water partition coefficient (Wildman–Crippen LogP) is 2.12. The molecule has 0 radical (unpaired) electrons. The van der Waals surface area contributed by atoms with Gasteiger partial charge in [-0.25, -0.2) is 0 Å². The second kappa shape index (κ2) is 8.93. The number of rotatable bonds is 6. The molecule has 0 atom stereocenters. The summed E-state index contributed by atoms with van der Waals surface area (Å²) in [5.74, 6) is 2.04. The Labute approximate surface area is 142 Å². The van der Waals surface area contributed by atoms with E-state index in [0.717, 1.165) is 48.8 Å². The van der Waals surface area contributed by atoms with Crippen molar-refractivity contribution in [1.29, 1.82) is 0 Å². The van der Waals surface area contributed by atoms with Gasteiger partial charge >= 0.3 is 0 Å². The second-order valence-corrected chi connectivity index (χ2v) is 6.86. The summed E-state index contributed by atoms with van der Waals surface area (Å²) in [6.45, 7) is 4.31. The van der Waals surface area contributed by atoms with Crippen LogP contribution in [0.25, 0.3) is 0 Å². The third-order valence-electron chi connectivity index (χ3n) is 3.97. The number of carbonyl (C=O) groups excluding carboxylic acids is 2. The molecule has 1 aromatic rings. The van der Waals surface area contributed by atoms with Gasteiger partial charge in [-0.1, -0.05) is 6.07 Å². The number of nitrogens with zero attached hydrogens (tertiary/aromatic N) is 1. The van der Waals surface area contributed by atoms with Crippen LogP contribution in [-0.4, -0.2) is 54.9 Å².